The largest absolute Gasteiger partial charge is 0.315 e. The maximum Gasteiger partial charge on any atom is 0.0615 e. The van der Waals surface area contributed by atoms with E-state index in [-0.39, 0.29) is 0 Å². The van der Waals surface area contributed by atoms with E-state index < -0.39 is 0 Å². The molecule has 0 unspecified atom stereocenters. The Kier molecular flexibility index (Phi) is 3.93. The molecule has 4 aromatic heterocycles. The summed E-state index contributed by atoms with van der Waals surface area (Å²) < 4.78 is 7.25. The fourth-order valence-electron chi connectivity index (χ4n) is 7.42. The molecule has 3 nitrogen and oxygen atoms in total. The molecule has 0 N–H and O–H groups in total. The molecule has 10 aromatic rings. The van der Waals surface area contributed by atoms with Crippen LogP contribution in [0.15, 0.2) is 140 Å². The van der Waals surface area contributed by atoms with Crippen molar-refractivity contribution in [3.05, 3.63) is 140 Å². The molecule has 0 aliphatic carbocycles. The van der Waals surface area contributed by atoms with Crippen molar-refractivity contribution >= 4 is 70.8 Å². The van der Waals surface area contributed by atoms with E-state index in [0.29, 0.717) is 0 Å². The van der Waals surface area contributed by atoms with Gasteiger partial charge in [-0.3, -0.25) is 0 Å². The molecule has 0 fully saturated rings. The molecule has 41 heavy (non-hydrogen) atoms. The fraction of sp³-hybridized carbons (Fsp3) is 0. The highest BCUT2D eigenvalue weighted by molar-refractivity contribution is 6.34. The molecule has 0 atom stereocenters. The molecular weight excluding hydrogens is 498 g/mol. The van der Waals surface area contributed by atoms with Crippen LogP contribution in [0.4, 0.5) is 0 Å². The Balaban J connectivity index is 1.47. The topological polar surface area (TPSA) is 14.3 Å². The van der Waals surface area contributed by atoms with Crippen LogP contribution in [0.3, 0.4) is 0 Å². The number of hydrogen-bond acceptors (Lipinski definition) is 0. The first-order chi connectivity index (χ1) is 20.4. The van der Waals surface area contributed by atoms with E-state index in [2.05, 4.69) is 153 Å². The van der Waals surface area contributed by atoms with Crippen molar-refractivity contribution in [1.29, 1.82) is 0 Å². The van der Waals surface area contributed by atoms with E-state index >= 15 is 0 Å². The molecule has 4 heterocycles. The molecule has 10 rings (SSSR count). The van der Waals surface area contributed by atoms with E-state index in [1.807, 2.05) is 0 Å². The van der Waals surface area contributed by atoms with Gasteiger partial charge in [-0.25, -0.2) is 0 Å². The lowest BCUT2D eigenvalue weighted by Crippen LogP contribution is -1.93. The Hall–Kier alpha value is -5.54. The highest BCUT2D eigenvalue weighted by Crippen LogP contribution is 2.46. The van der Waals surface area contributed by atoms with Gasteiger partial charge in [0.25, 0.3) is 0 Å². The van der Waals surface area contributed by atoms with Gasteiger partial charge in [0.2, 0.25) is 0 Å². The summed E-state index contributed by atoms with van der Waals surface area (Å²) in [6, 6.07) is 48.5. The van der Waals surface area contributed by atoms with E-state index in [1.165, 1.54) is 82.2 Å². The second-order valence-electron chi connectivity index (χ2n) is 11.0. The second-order valence-corrected chi connectivity index (χ2v) is 11.0. The quantitative estimate of drug-likeness (QED) is 0.215. The predicted octanol–water partition coefficient (Wildman–Crippen LogP) is 9.88. The smallest absolute Gasteiger partial charge is 0.0615 e. The number of rotatable bonds is 2. The van der Waals surface area contributed by atoms with Crippen LogP contribution in [0.1, 0.15) is 0 Å². The van der Waals surface area contributed by atoms with Crippen LogP contribution >= 0.6 is 0 Å². The first kappa shape index (κ1) is 21.3. The molecule has 0 radical (unpaired) electrons. The second kappa shape index (κ2) is 7.56. The van der Waals surface area contributed by atoms with Crippen LogP contribution in [0.5, 0.6) is 0 Å². The van der Waals surface area contributed by atoms with Crippen LogP contribution in [0.2, 0.25) is 0 Å². The predicted molar refractivity (Wildman–Crippen MR) is 172 cm³/mol. The minimum atomic E-state index is 1.18. The van der Waals surface area contributed by atoms with E-state index in [0.717, 1.165) is 0 Å². The molecule has 3 heteroatoms. The van der Waals surface area contributed by atoms with Crippen molar-refractivity contribution in [1.82, 2.24) is 13.5 Å². The van der Waals surface area contributed by atoms with E-state index in [4.69, 9.17) is 0 Å². The van der Waals surface area contributed by atoms with Crippen LogP contribution in [0, 0.1) is 0 Å². The van der Waals surface area contributed by atoms with E-state index in [1.54, 1.807) is 0 Å². The van der Waals surface area contributed by atoms with Gasteiger partial charge >= 0.3 is 0 Å². The summed E-state index contributed by atoms with van der Waals surface area (Å²) >= 11 is 0. The van der Waals surface area contributed by atoms with Crippen molar-refractivity contribution in [2.45, 2.75) is 0 Å². The Morgan fingerprint density at radius 1 is 0.341 bits per heavy atom. The molecule has 0 aliphatic heterocycles. The first-order valence-corrected chi connectivity index (χ1v) is 14.1. The van der Waals surface area contributed by atoms with Gasteiger partial charge in [-0.1, -0.05) is 72.8 Å². The minimum Gasteiger partial charge on any atom is -0.315 e. The van der Waals surface area contributed by atoms with Crippen LogP contribution < -0.4 is 0 Å². The Labute approximate surface area is 235 Å². The summed E-state index contributed by atoms with van der Waals surface area (Å²) in [6.45, 7) is 0. The third-order valence-corrected chi connectivity index (χ3v) is 8.98. The molecule has 0 saturated carbocycles. The Bertz CT molecular complexity index is 2610. The lowest BCUT2D eigenvalue weighted by atomic mass is 10.0. The number of fused-ring (bicyclic) bond motifs is 11. The third kappa shape index (κ3) is 2.59. The average Bonchev–Trinajstić information content (AvgIpc) is 3.77. The van der Waals surface area contributed by atoms with Crippen molar-refractivity contribution in [2.24, 2.45) is 0 Å². The van der Waals surface area contributed by atoms with Crippen LogP contribution in [-0.2, 0) is 0 Å². The lowest BCUT2D eigenvalue weighted by Gasteiger charge is -2.08. The SMILES string of the molecule is c1ccc(-n2c3ccccc3c3c4ccn5c6ccc7c(c8ccccc8n7-c7ccccc7)c6c(cc32)c45)cc1. The van der Waals surface area contributed by atoms with Gasteiger partial charge in [-0.15, -0.1) is 0 Å². The van der Waals surface area contributed by atoms with Crippen molar-refractivity contribution in [3.63, 3.8) is 0 Å². The maximum absolute atomic E-state index is 2.45. The zero-order valence-electron chi connectivity index (χ0n) is 22.1. The Morgan fingerprint density at radius 3 is 1.56 bits per heavy atom. The van der Waals surface area contributed by atoms with Crippen molar-refractivity contribution in [2.75, 3.05) is 0 Å². The van der Waals surface area contributed by atoms with Gasteiger partial charge in [-0.05, 0) is 60.7 Å². The normalized spacial score (nSPS) is 12.4. The van der Waals surface area contributed by atoms with Crippen molar-refractivity contribution < 1.29 is 0 Å². The molecule has 0 spiro atoms. The fourth-order valence-corrected chi connectivity index (χ4v) is 7.42. The van der Waals surface area contributed by atoms with Crippen molar-refractivity contribution in [3.8, 4) is 11.4 Å². The molecule has 0 saturated heterocycles. The zero-order chi connectivity index (χ0) is 26.7. The Morgan fingerprint density at radius 2 is 0.878 bits per heavy atom. The minimum absolute atomic E-state index is 1.18. The number of benzene rings is 6. The summed E-state index contributed by atoms with van der Waals surface area (Å²) in [5.41, 5.74) is 9.86. The van der Waals surface area contributed by atoms with Gasteiger partial charge < -0.3 is 13.5 Å². The highest BCUT2D eigenvalue weighted by Gasteiger charge is 2.23. The summed E-state index contributed by atoms with van der Waals surface area (Å²) in [5, 5.41) is 9.13. The lowest BCUT2D eigenvalue weighted by molar-refractivity contribution is 1.18. The highest BCUT2D eigenvalue weighted by atomic mass is 15.0. The molecular formula is C38H23N3. The summed E-state index contributed by atoms with van der Waals surface area (Å²) in [5.74, 6) is 0. The number of nitrogens with zero attached hydrogens (tertiary/aromatic N) is 3. The summed E-state index contributed by atoms with van der Waals surface area (Å²) in [6.07, 6.45) is 2.26. The monoisotopic (exact) mass is 521 g/mol. The average molecular weight is 522 g/mol. The zero-order valence-corrected chi connectivity index (χ0v) is 22.1. The maximum atomic E-state index is 2.45. The van der Waals surface area contributed by atoms with Gasteiger partial charge in [0.15, 0.2) is 0 Å². The standard InChI is InChI=1S/C38H23N3/c1-3-11-24(12-4-1)40-31-18-10-8-16-27(31)36-33(40)20-19-32-37(36)29-23-34-35(28-21-22-39(32)38(28)29)26-15-7-9-17-30(26)41(34)25-13-5-2-6-14-25/h1-23H. The molecule has 0 amide bonds. The number of hydrogen-bond donors (Lipinski definition) is 0. The molecule has 0 bridgehead atoms. The summed E-state index contributed by atoms with van der Waals surface area (Å²) in [4.78, 5) is 0. The number of para-hydroxylation sites is 4. The number of aromatic nitrogens is 3. The molecule has 0 aliphatic rings. The van der Waals surface area contributed by atoms with Crippen LogP contribution in [0.25, 0.3) is 82.2 Å². The van der Waals surface area contributed by atoms with Crippen LogP contribution in [-0.4, -0.2) is 13.5 Å². The summed E-state index contributed by atoms with van der Waals surface area (Å²) in [7, 11) is 0. The molecule has 190 valence electrons. The first-order valence-electron chi connectivity index (χ1n) is 14.1. The third-order valence-electron chi connectivity index (χ3n) is 8.98. The van der Waals surface area contributed by atoms with Gasteiger partial charge in [-0.2, -0.15) is 0 Å². The van der Waals surface area contributed by atoms with Gasteiger partial charge in [0.1, 0.15) is 0 Å². The van der Waals surface area contributed by atoms with Gasteiger partial charge in [0.05, 0.1) is 33.1 Å². The molecule has 6 aromatic carbocycles. The van der Waals surface area contributed by atoms with Gasteiger partial charge in [0, 0.05) is 55.3 Å². The van der Waals surface area contributed by atoms with E-state index in [9.17, 15) is 0 Å².